The molecule has 0 saturated carbocycles. The van der Waals surface area contributed by atoms with Crippen molar-refractivity contribution >= 4 is 27.3 Å². The second-order valence-electron chi connectivity index (χ2n) is 4.14. The average molecular weight is 342 g/mol. The molecule has 2 rings (SSSR count). The molecule has 3 nitrogen and oxygen atoms in total. The molecule has 0 spiro atoms. The van der Waals surface area contributed by atoms with Crippen LogP contribution >= 0.6 is 27.3 Å². The van der Waals surface area contributed by atoms with Gasteiger partial charge < -0.3 is 15.2 Å². The van der Waals surface area contributed by atoms with Crippen LogP contribution in [-0.4, -0.2) is 18.8 Å². The van der Waals surface area contributed by atoms with Gasteiger partial charge in [-0.25, -0.2) is 0 Å². The number of methoxy groups -OCH3 is 1. The maximum atomic E-state index is 9.67. The second-order valence-corrected chi connectivity index (χ2v) is 6.69. The molecule has 0 radical (unpaired) electrons. The van der Waals surface area contributed by atoms with Crippen LogP contribution in [0.1, 0.15) is 10.4 Å². The fraction of sp³-hybridized carbons (Fsp3) is 0.286. The van der Waals surface area contributed by atoms with Crippen molar-refractivity contribution in [3.05, 3.63) is 44.6 Å². The SMILES string of the molecule is COc1ccc(CNCCc2ccc(Br)s2)cc1O. The van der Waals surface area contributed by atoms with Crippen molar-refractivity contribution in [3.63, 3.8) is 0 Å². The number of benzene rings is 1. The first-order chi connectivity index (χ1) is 9.19. The number of aromatic hydroxyl groups is 1. The summed E-state index contributed by atoms with van der Waals surface area (Å²) in [5.74, 6) is 0.691. The minimum Gasteiger partial charge on any atom is -0.504 e. The summed E-state index contributed by atoms with van der Waals surface area (Å²) in [5, 5.41) is 13.0. The number of ether oxygens (including phenoxy) is 1. The standard InChI is InChI=1S/C14H16BrNO2S/c1-18-13-4-2-10(8-12(13)17)9-16-7-6-11-3-5-14(15)19-11/h2-5,8,16-17H,6-7,9H2,1H3. The van der Waals surface area contributed by atoms with Crippen LogP contribution in [0.25, 0.3) is 0 Å². The lowest BCUT2D eigenvalue weighted by molar-refractivity contribution is 0.373. The van der Waals surface area contributed by atoms with Crippen LogP contribution in [0, 0.1) is 0 Å². The van der Waals surface area contributed by atoms with E-state index in [9.17, 15) is 5.11 Å². The van der Waals surface area contributed by atoms with Gasteiger partial charge in [-0.2, -0.15) is 0 Å². The minimum absolute atomic E-state index is 0.184. The van der Waals surface area contributed by atoms with Gasteiger partial charge in [0.15, 0.2) is 11.5 Å². The quantitative estimate of drug-likeness (QED) is 0.789. The maximum absolute atomic E-state index is 9.67. The lowest BCUT2D eigenvalue weighted by atomic mass is 10.2. The third-order valence-corrected chi connectivity index (χ3v) is 4.43. The molecule has 0 saturated heterocycles. The Morgan fingerprint density at radius 2 is 2.16 bits per heavy atom. The monoisotopic (exact) mass is 341 g/mol. The van der Waals surface area contributed by atoms with E-state index in [1.165, 1.54) is 8.66 Å². The molecule has 0 aliphatic carbocycles. The zero-order valence-corrected chi connectivity index (χ0v) is 13.1. The highest BCUT2D eigenvalue weighted by molar-refractivity contribution is 9.11. The van der Waals surface area contributed by atoms with E-state index in [0.29, 0.717) is 5.75 Å². The number of rotatable bonds is 6. The summed E-state index contributed by atoms with van der Waals surface area (Å²) in [4.78, 5) is 1.36. The molecule has 0 atom stereocenters. The smallest absolute Gasteiger partial charge is 0.160 e. The molecule has 0 bridgehead atoms. The number of halogens is 1. The summed E-state index contributed by atoms with van der Waals surface area (Å²) in [7, 11) is 1.55. The van der Waals surface area contributed by atoms with E-state index in [1.807, 2.05) is 6.07 Å². The van der Waals surface area contributed by atoms with Crippen molar-refractivity contribution in [1.29, 1.82) is 0 Å². The molecule has 0 unspecified atom stereocenters. The lowest BCUT2D eigenvalue weighted by Crippen LogP contribution is -2.16. The maximum Gasteiger partial charge on any atom is 0.160 e. The number of nitrogens with one attached hydrogen (secondary N) is 1. The third-order valence-electron chi connectivity index (χ3n) is 2.75. The van der Waals surface area contributed by atoms with E-state index < -0.39 is 0 Å². The molecule has 0 amide bonds. The third kappa shape index (κ3) is 4.23. The molecule has 0 fully saturated rings. The van der Waals surface area contributed by atoms with E-state index in [2.05, 4.69) is 33.4 Å². The van der Waals surface area contributed by atoms with Crippen LogP contribution in [0.2, 0.25) is 0 Å². The van der Waals surface area contributed by atoms with Crippen LogP contribution in [0.4, 0.5) is 0 Å². The largest absolute Gasteiger partial charge is 0.504 e. The number of hydrogen-bond donors (Lipinski definition) is 2. The summed E-state index contributed by atoms with van der Waals surface area (Å²) < 4.78 is 6.18. The Balaban J connectivity index is 1.78. The Morgan fingerprint density at radius 3 is 2.79 bits per heavy atom. The molecule has 1 aromatic carbocycles. The molecule has 5 heteroatoms. The van der Waals surface area contributed by atoms with E-state index in [0.717, 1.165) is 25.1 Å². The van der Waals surface area contributed by atoms with Crippen molar-refractivity contribution < 1.29 is 9.84 Å². The van der Waals surface area contributed by atoms with Gasteiger partial charge in [0.2, 0.25) is 0 Å². The van der Waals surface area contributed by atoms with Crippen molar-refractivity contribution in [2.75, 3.05) is 13.7 Å². The van der Waals surface area contributed by atoms with Crippen LogP contribution in [0.5, 0.6) is 11.5 Å². The number of phenols is 1. The molecular weight excluding hydrogens is 326 g/mol. The van der Waals surface area contributed by atoms with Gasteiger partial charge in [-0.3, -0.25) is 0 Å². The molecule has 102 valence electrons. The normalized spacial score (nSPS) is 10.6. The molecule has 0 aliphatic heterocycles. The minimum atomic E-state index is 0.184. The van der Waals surface area contributed by atoms with E-state index in [1.54, 1.807) is 30.6 Å². The summed E-state index contributed by atoms with van der Waals surface area (Å²) in [6.45, 7) is 1.66. The lowest BCUT2D eigenvalue weighted by Gasteiger charge is -2.07. The predicted molar refractivity (Wildman–Crippen MR) is 82.1 cm³/mol. The summed E-state index contributed by atoms with van der Waals surface area (Å²) >= 11 is 5.22. The number of thiophene rings is 1. The van der Waals surface area contributed by atoms with E-state index in [4.69, 9.17) is 4.74 Å². The summed E-state index contributed by atoms with van der Waals surface area (Å²) in [6, 6.07) is 9.67. The zero-order chi connectivity index (χ0) is 13.7. The molecule has 19 heavy (non-hydrogen) atoms. The van der Waals surface area contributed by atoms with Crippen molar-refractivity contribution in [3.8, 4) is 11.5 Å². The van der Waals surface area contributed by atoms with Gasteiger partial charge >= 0.3 is 0 Å². The molecule has 2 N–H and O–H groups in total. The van der Waals surface area contributed by atoms with Crippen molar-refractivity contribution in [1.82, 2.24) is 5.32 Å². The van der Waals surface area contributed by atoms with Crippen LogP contribution < -0.4 is 10.1 Å². The first kappa shape index (κ1) is 14.4. The summed E-state index contributed by atoms with van der Waals surface area (Å²) in [6.07, 6.45) is 1.01. The number of hydrogen-bond acceptors (Lipinski definition) is 4. The first-order valence-corrected chi connectivity index (χ1v) is 7.61. The predicted octanol–water partition coefficient (Wildman–Crippen LogP) is 3.56. The van der Waals surface area contributed by atoms with Crippen LogP contribution in [-0.2, 0) is 13.0 Å². The van der Waals surface area contributed by atoms with Crippen molar-refractivity contribution in [2.45, 2.75) is 13.0 Å². The Labute approximate surface area is 125 Å². The van der Waals surface area contributed by atoms with Gasteiger partial charge in [-0.15, -0.1) is 11.3 Å². The van der Waals surface area contributed by atoms with Gasteiger partial charge in [-0.05, 0) is 52.2 Å². The van der Waals surface area contributed by atoms with E-state index >= 15 is 0 Å². The number of phenolic OH excluding ortho intramolecular Hbond substituents is 1. The Kier molecular flexibility index (Phi) is 5.24. The topological polar surface area (TPSA) is 41.5 Å². The fourth-order valence-electron chi connectivity index (χ4n) is 1.78. The molecule has 2 aromatic rings. The van der Waals surface area contributed by atoms with Gasteiger partial charge in [0.25, 0.3) is 0 Å². The van der Waals surface area contributed by atoms with Gasteiger partial charge in [0, 0.05) is 18.0 Å². The molecule has 1 aromatic heterocycles. The molecular formula is C14H16BrNO2S. The Hall–Kier alpha value is -1.04. The first-order valence-electron chi connectivity index (χ1n) is 6.00. The van der Waals surface area contributed by atoms with Crippen LogP contribution in [0.15, 0.2) is 34.1 Å². The zero-order valence-electron chi connectivity index (χ0n) is 10.6. The average Bonchev–Trinajstić information content (AvgIpc) is 2.81. The van der Waals surface area contributed by atoms with Gasteiger partial charge in [-0.1, -0.05) is 6.07 Å². The Morgan fingerprint density at radius 1 is 1.32 bits per heavy atom. The molecule has 1 heterocycles. The highest BCUT2D eigenvalue weighted by Crippen LogP contribution is 2.26. The highest BCUT2D eigenvalue weighted by Gasteiger charge is 2.02. The van der Waals surface area contributed by atoms with Crippen LogP contribution in [0.3, 0.4) is 0 Å². The van der Waals surface area contributed by atoms with E-state index in [-0.39, 0.29) is 5.75 Å². The highest BCUT2D eigenvalue weighted by atomic mass is 79.9. The molecule has 0 aliphatic rings. The summed E-state index contributed by atoms with van der Waals surface area (Å²) in [5.41, 5.74) is 1.05. The van der Waals surface area contributed by atoms with Gasteiger partial charge in [0.1, 0.15) is 0 Å². The van der Waals surface area contributed by atoms with Gasteiger partial charge in [0.05, 0.1) is 10.9 Å². The van der Waals surface area contributed by atoms with Crippen molar-refractivity contribution in [2.24, 2.45) is 0 Å². The second kappa shape index (κ2) is 6.93. The Bertz CT molecular complexity index is 542. The fourth-order valence-corrected chi connectivity index (χ4v) is 3.26.